The second kappa shape index (κ2) is 3.88. The van der Waals surface area contributed by atoms with Crippen molar-refractivity contribution in [2.75, 3.05) is 11.5 Å². The van der Waals surface area contributed by atoms with Crippen molar-refractivity contribution < 1.29 is 0 Å². The highest BCUT2D eigenvalue weighted by atomic mass is 32.2. The Morgan fingerprint density at radius 1 is 1.29 bits per heavy atom. The molecule has 2 aromatic rings. The molecule has 0 radical (unpaired) electrons. The Bertz CT molecular complexity index is 454. The molecule has 3 heteroatoms. The van der Waals surface area contributed by atoms with Gasteiger partial charge in [0.1, 0.15) is 0 Å². The number of nitrogens with two attached hydrogens (primary N) is 1. The maximum Gasteiger partial charge on any atom is 0.0410 e. The van der Waals surface area contributed by atoms with Gasteiger partial charge in [0, 0.05) is 33.7 Å². The lowest BCUT2D eigenvalue weighted by atomic mass is 10.1. The Balaban J connectivity index is 2.68. The predicted molar refractivity (Wildman–Crippen MR) is 62.6 cm³/mol. The molecular weight excluding hydrogens is 192 g/mol. The van der Waals surface area contributed by atoms with Gasteiger partial charge in [-0.2, -0.15) is 0 Å². The number of hydrogen-bond donors (Lipinski definition) is 1. The summed E-state index contributed by atoms with van der Waals surface area (Å²) in [5.74, 6) is 1.07. The number of fused-ring (bicyclic) bond motifs is 1. The molecule has 1 aromatic heterocycles. The Labute approximate surface area is 87.5 Å². The minimum atomic E-state index is 0.800. The van der Waals surface area contributed by atoms with Crippen LogP contribution in [0.1, 0.15) is 6.92 Å². The highest BCUT2D eigenvalue weighted by molar-refractivity contribution is 7.99. The predicted octanol–water partition coefficient (Wildman–Crippen LogP) is 2.93. The zero-order chi connectivity index (χ0) is 9.97. The first-order chi connectivity index (χ1) is 6.83. The smallest absolute Gasteiger partial charge is 0.0410 e. The van der Waals surface area contributed by atoms with Crippen LogP contribution in [0.4, 0.5) is 5.69 Å². The van der Waals surface area contributed by atoms with Crippen molar-refractivity contribution in [3.05, 3.63) is 30.6 Å². The lowest BCUT2D eigenvalue weighted by molar-refractivity contribution is 1.35. The van der Waals surface area contributed by atoms with Gasteiger partial charge in [-0.1, -0.05) is 6.92 Å². The third kappa shape index (κ3) is 1.55. The molecule has 0 atom stereocenters. The van der Waals surface area contributed by atoms with Gasteiger partial charge in [-0.25, -0.2) is 0 Å². The molecule has 0 spiro atoms. The Morgan fingerprint density at radius 2 is 2.14 bits per heavy atom. The summed E-state index contributed by atoms with van der Waals surface area (Å²) in [7, 11) is 0. The van der Waals surface area contributed by atoms with Gasteiger partial charge >= 0.3 is 0 Å². The largest absolute Gasteiger partial charge is 0.398 e. The molecule has 1 heterocycles. The first-order valence-corrected chi connectivity index (χ1v) is 5.56. The minimum absolute atomic E-state index is 0.800. The maximum absolute atomic E-state index is 5.87. The average molecular weight is 204 g/mol. The Morgan fingerprint density at radius 3 is 2.93 bits per heavy atom. The number of anilines is 1. The SMILES string of the molecule is CCSc1ccc(N)c2cnccc12. The summed E-state index contributed by atoms with van der Waals surface area (Å²) in [5.41, 5.74) is 6.67. The number of nitrogen functional groups attached to an aromatic ring is 1. The number of aromatic nitrogens is 1. The van der Waals surface area contributed by atoms with Crippen LogP contribution in [0.15, 0.2) is 35.5 Å². The van der Waals surface area contributed by atoms with E-state index < -0.39 is 0 Å². The first kappa shape index (κ1) is 9.34. The third-order valence-corrected chi connectivity index (χ3v) is 3.07. The summed E-state index contributed by atoms with van der Waals surface area (Å²) in [4.78, 5) is 5.36. The van der Waals surface area contributed by atoms with Crippen molar-refractivity contribution in [3.8, 4) is 0 Å². The highest BCUT2D eigenvalue weighted by Gasteiger charge is 2.02. The lowest BCUT2D eigenvalue weighted by Crippen LogP contribution is -1.89. The summed E-state index contributed by atoms with van der Waals surface area (Å²) in [6, 6.07) is 6.04. The standard InChI is InChI=1S/C11H12N2S/c1-2-14-11-4-3-10(12)9-7-13-6-5-8(9)11/h3-7H,2,12H2,1H3. The average Bonchev–Trinajstić information content (AvgIpc) is 2.23. The van der Waals surface area contributed by atoms with Crippen LogP contribution in [0.5, 0.6) is 0 Å². The van der Waals surface area contributed by atoms with E-state index in [1.54, 1.807) is 0 Å². The van der Waals surface area contributed by atoms with Crippen LogP contribution in [-0.2, 0) is 0 Å². The van der Waals surface area contributed by atoms with Gasteiger partial charge < -0.3 is 5.73 Å². The van der Waals surface area contributed by atoms with Crippen molar-refractivity contribution in [1.82, 2.24) is 4.98 Å². The molecule has 2 nitrogen and oxygen atoms in total. The van der Waals surface area contributed by atoms with E-state index in [1.807, 2.05) is 36.3 Å². The molecule has 14 heavy (non-hydrogen) atoms. The van der Waals surface area contributed by atoms with E-state index in [9.17, 15) is 0 Å². The van der Waals surface area contributed by atoms with Gasteiger partial charge in [0.05, 0.1) is 0 Å². The summed E-state index contributed by atoms with van der Waals surface area (Å²) in [6.07, 6.45) is 3.63. The first-order valence-electron chi connectivity index (χ1n) is 4.58. The normalized spacial score (nSPS) is 10.6. The monoisotopic (exact) mass is 204 g/mol. The van der Waals surface area contributed by atoms with E-state index in [0.717, 1.165) is 16.8 Å². The van der Waals surface area contributed by atoms with Crippen molar-refractivity contribution in [1.29, 1.82) is 0 Å². The fraction of sp³-hybridized carbons (Fsp3) is 0.182. The van der Waals surface area contributed by atoms with Crippen LogP contribution < -0.4 is 5.73 Å². The van der Waals surface area contributed by atoms with E-state index in [4.69, 9.17) is 5.73 Å². The van der Waals surface area contributed by atoms with Gasteiger partial charge in [-0.15, -0.1) is 11.8 Å². The van der Waals surface area contributed by atoms with E-state index in [0.29, 0.717) is 0 Å². The van der Waals surface area contributed by atoms with Crippen molar-refractivity contribution >= 4 is 28.2 Å². The summed E-state index contributed by atoms with van der Waals surface area (Å²) in [5, 5.41) is 2.25. The van der Waals surface area contributed by atoms with Crippen LogP contribution in [0, 0.1) is 0 Å². The molecule has 0 amide bonds. The maximum atomic E-state index is 5.87. The van der Waals surface area contributed by atoms with E-state index in [1.165, 1.54) is 10.3 Å². The number of thioether (sulfide) groups is 1. The number of pyridine rings is 1. The van der Waals surface area contributed by atoms with Gasteiger partial charge in [0.15, 0.2) is 0 Å². The molecular formula is C11H12N2S. The van der Waals surface area contributed by atoms with Crippen molar-refractivity contribution in [2.45, 2.75) is 11.8 Å². The van der Waals surface area contributed by atoms with Gasteiger partial charge in [0.2, 0.25) is 0 Å². The molecule has 72 valence electrons. The fourth-order valence-electron chi connectivity index (χ4n) is 1.47. The van der Waals surface area contributed by atoms with Crippen LogP contribution >= 0.6 is 11.8 Å². The van der Waals surface area contributed by atoms with E-state index in [-0.39, 0.29) is 0 Å². The lowest BCUT2D eigenvalue weighted by Gasteiger charge is -2.06. The highest BCUT2D eigenvalue weighted by Crippen LogP contribution is 2.30. The molecule has 0 saturated carbocycles. The zero-order valence-corrected chi connectivity index (χ0v) is 8.84. The molecule has 1 aromatic carbocycles. The van der Waals surface area contributed by atoms with Crippen LogP contribution in [-0.4, -0.2) is 10.7 Å². The van der Waals surface area contributed by atoms with Crippen molar-refractivity contribution in [2.24, 2.45) is 0 Å². The number of nitrogens with zero attached hydrogens (tertiary/aromatic N) is 1. The Hall–Kier alpha value is -1.22. The molecule has 0 saturated heterocycles. The van der Waals surface area contributed by atoms with E-state index >= 15 is 0 Å². The quantitative estimate of drug-likeness (QED) is 0.604. The van der Waals surface area contributed by atoms with Crippen LogP contribution in [0.3, 0.4) is 0 Å². The van der Waals surface area contributed by atoms with Gasteiger partial charge in [-0.3, -0.25) is 4.98 Å². The van der Waals surface area contributed by atoms with Crippen LogP contribution in [0.2, 0.25) is 0 Å². The molecule has 0 aliphatic heterocycles. The van der Waals surface area contributed by atoms with Gasteiger partial charge in [-0.05, 0) is 24.0 Å². The van der Waals surface area contributed by atoms with Crippen molar-refractivity contribution in [3.63, 3.8) is 0 Å². The minimum Gasteiger partial charge on any atom is -0.398 e. The molecule has 0 bridgehead atoms. The third-order valence-electron chi connectivity index (χ3n) is 2.11. The summed E-state index contributed by atoms with van der Waals surface area (Å²) in [6.45, 7) is 2.15. The van der Waals surface area contributed by atoms with Gasteiger partial charge in [0.25, 0.3) is 0 Å². The summed E-state index contributed by atoms with van der Waals surface area (Å²) < 4.78 is 0. The number of hydrogen-bond acceptors (Lipinski definition) is 3. The second-order valence-electron chi connectivity index (χ2n) is 3.01. The molecule has 2 rings (SSSR count). The molecule has 2 N–H and O–H groups in total. The topological polar surface area (TPSA) is 38.9 Å². The zero-order valence-electron chi connectivity index (χ0n) is 8.03. The summed E-state index contributed by atoms with van der Waals surface area (Å²) >= 11 is 1.83. The molecule has 0 aliphatic carbocycles. The number of benzene rings is 1. The fourth-order valence-corrected chi connectivity index (χ4v) is 2.27. The number of rotatable bonds is 2. The Kier molecular flexibility index (Phi) is 2.59. The van der Waals surface area contributed by atoms with Crippen LogP contribution in [0.25, 0.3) is 10.8 Å². The molecule has 0 aliphatic rings. The molecule has 0 fully saturated rings. The van der Waals surface area contributed by atoms with E-state index in [2.05, 4.69) is 18.0 Å². The molecule has 0 unspecified atom stereocenters. The second-order valence-corrected chi connectivity index (χ2v) is 4.31.